The molecule has 0 saturated carbocycles. The van der Waals surface area contributed by atoms with E-state index in [1.54, 1.807) is 7.11 Å². The summed E-state index contributed by atoms with van der Waals surface area (Å²) in [5.41, 5.74) is 0. The van der Waals surface area contributed by atoms with Crippen molar-refractivity contribution in [3.05, 3.63) is 11.8 Å². The third-order valence-electron chi connectivity index (χ3n) is 3.02. The molecule has 0 aromatic heterocycles. The normalized spacial score (nSPS) is 35.1. The monoisotopic (exact) mass is 183 g/mol. The maximum absolute atomic E-state index is 5.72. The van der Waals surface area contributed by atoms with Crippen molar-refractivity contribution in [1.29, 1.82) is 0 Å². The number of morpholine rings is 1. The van der Waals surface area contributed by atoms with E-state index in [9.17, 15) is 0 Å². The van der Waals surface area contributed by atoms with Gasteiger partial charge in [-0.2, -0.15) is 0 Å². The molecule has 1 saturated heterocycles. The molecular weight excluding hydrogens is 166 g/mol. The lowest BCUT2D eigenvalue weighted by Crippen LogP contribution is -2.50. The van der Waals surface area contributed by atoms with E-state index in [1.807, 2.05) is 0 Å². The first-order valence-corrected chi connectivity index (χ1v) is 4.86. The topological polar surface area (TPSA) is 21.7 Å². The predicted molar refractivity (Wildman–Crippen MR) is 50.5 cm³/mol. The molecule has 0 amide bonds. The van der Waals surface area contributed by atoms with Gasteiger partial charge in [0, 0.05) is 19.0 Å². The van der Waals surface area contributed by atoms with E-state index < -0.39 is 0 Å². The van der Waals surface area contributed by atoms with Crippen LogP contribution in [-0.2, 0) is 9.47 Å². The molecule has 2 atom stereocenters. The molecule has 1 aliphatic heterocycles. The van der Waals surface area contributed by atoms with Crippen LogP contribution in [-0.4, -0.2) is 44.4 Å². The third-order valence-corrected chi connectivity index (χ3v) is 3.02. The van der Waals surface area contributed by atoms with Crippen LogP contribution in [0.15, 0.2) is 11.8 Å². The van der Waals surface area contributed by atoms with Crippen LogP contribution < -0.4 is 0 Å². The van der Waals surface area contributed by atoms with Crippen LogP contribution in [0.4, 0.5) is 0 Å². The Hall–Kier alpha value is -0.540. The number of fused-ring (bicyclic) bond motifs is 1. The van der Waals surface area contributed by atoms with Crippen molar-refractivity contribution >= 4 is 0 Å². The highest BCUT2D eigenvalue weighted by Crippen LogP contribution is 2.27. The first kappa shape index (κ1) is 9.03. The van der Waals surface area contributed by atoms with Crippen LogP contribution in [0.1, 0.15) is 12.8 Å². The van der Waals surface area contributed by atoms with Gasteiger partial charge in [-0.05, 0) is 19.5 Å². The van der Waals surface area contributed by atoms with Gasteiger partial charge in [0.1, 0.15) is 0 Å². The summed E-state index contributed by atoms with van der Waals surface area (Å²) >= 11 is 0. The molecule has 0 N–H and O–H groups in total. The van der Waals surface area contributed by atoms with E-state index in [0.29, 0.717) is 12.1 Å². The zero-order chi connectivity index (χ0) is 9.26. The van der Waals surface area contributed by atoms with Crippen molar-refractivity contribution in [2.45, 2.75) is 25.0 Å². The van der Waals surface area contributed by atoms with Crippen molar-refractivity contribution in [1.82, 2.24) is 4.90 Å². The molecule has 1 fully saturated rings. The quantitative estimate of drug-likeness (QED) is 0.605. The number of rotatable bonds is 1. The van der Waals surface area contributed by atoms with Gasteiger partial charge in [0.05, 0.1) is 25.6 Å². The molecule has 3 nitrogen and oxygen atoms in total. The molecule has 2 rings (SSSR count). The lowest BCUT2D eigenvalue weighted by Gasteiger charge is -2.41. The minimum atomic E-state index is 0.346. The smallest absolute Gasteiger partial charge is 0.0942 e. The SMILES string of the molecule is COC1=CC[C@@H]2[C@@H](C1)OCCN2C. The molecule has 0 aromatic rings. The molecule has 2 aliphatic rings. The van der Waals surface area contributed by atoms with Gasteiger partial charge in [-0.15, -0.1) is 0 Å². The van der Waals surface area contributed by atoms with Crippen LogP contribution in [0.2, 0.25) is 0 Å². The Kier molecular flexibility index (Phi) is 2.56. The van der Waals surface area contributed by atoms with Gasteiger partial charge >= 0.3 is 0 Å². The van der Waals surface area contributed by atoms with Gasteiger partial charge in [-0.3, -0.25) is 4.90 Å². The fourth-order valence-electron chi connectivity index (χ4n) is 2.14. The number of hydrogen-bond acceptors (Lipinski definition) is 3. The number of methoxy groups -OCH3 is 1. The van der Waals surface area contributed by atoms with Crippen LogP contribution in [0.5, 0.6) is 0 Å². The predicted octanol–water partition coefficient (Wildman–Crippen LogP) is 1.01. The minimum absolute atomic E-state index is 0.346. The summed E-state index contributed by atoms with van der Waals surface area (Å²) in [7, 11) is 3.91. The average Bonchev–Trinajstić information content (AvgIpc) is 2.18. The summed E-state index contributed by atoms with van der Waals surface area (Å²) in [4.78, 5) is 2.39. The number of ether oxygens (including phenoxy) is 2. The Morgan fingerprint density at radius 1 is 1.62 bits per heavy atom. The second kappa shape index (κ2) is 3.68. The van der Waals surface area contributed by atoms with Gasteiger partial charge in [-0.25, -0.2) is 0 Å². The highest BCUT2D eigenvalue weighted by molar-refractivity contribution is 5.06. The summed E-state index contributed by atoms with van der Waals surface area (Å²) in [6.07, 6.45) is 4.53. The van der Waals surface area contributed by atoms with Crippen molar-refractivity contribution < 1.29 is 9.47 Å². The van der Waals surface area contributed by atoms with E-state index >= 15 is 0 Å². The molecular formula is C10H17NO2. The average molecular weight is 183 g/mol. The highest BCUT2D eigenvalue weighted by Gasteiger charge is 2.32. The summed E-state index contributed by atoms with van der Waals surface area (Å²) in [5, 5.41) is 0. The Labute approximate surface area is 79.3 Å². The van der Waals surface area contributed by atoms with Crippen molar-refractivity contribution in [2.75, 3.05) is 27.3 Å². The molecule has 3 heteroatoms. The van der Waals surface area contributed by atoms with E-state index in [1.165, 1.54) is 0 Å². The van der Waals surface area contributed by atoms with Gasteiger partial charge < -0.3 is 9.47 Å². The van der Waals surface area contributed by atoms with Crippen LogP contribution in [0.25, 0.3) is 0 Å². The first-order chi connectivity index (χ1) is 6.31. The Morgan fingerprint density at radius 3 is 3.23 bits per heavy atom. The largest absolute Gasteiger partial charge is 0.501 e. The molecule has 1 heterocycles. The number of likely N-dealkylation sites (N-methyl/N-ethyl adjacent to an activating group) is 1. The Bertz CT molecular complexity index is 215. The number of hydrogen-bond donors (Lipinski definition) is 0. The lowest BCUT2D eigenvalue weighted by molar-refractivity contribution is -0.0689. The molecule has 74 valence electrons. The maximum Gasteiger partial charge on any atom is 0.0942 e. The fraction of sp³-hybridized carbons (Fsp3) is 0.800. The Morgan fingerprint density at radius 2 is 2.46 bits per heavy atom. The van der Waals surface area contributed by atoms with E-state index in [2.05, 4.69) is 18.0 Å². The van der Waals surface area contributed by atoms with Crippen molar-refractivity contribution in [2.24, 2.45) is 0 Å². The fourth-order valence-corrected chi connectivity index (χ4v) is 2.14. The summed E-state index contributed by atoms with van der Waals surface area (Å²) in [6.45, 7) is 1.91. The molecule has 0 radical (unpaired) electrons. The molecule has 0 spiro atoms. The summed E-state index contributed by atoms with van der Waals surface area (Å²) < 4.78 is 11.0. The molecule has 1 aliphatic carbocycles. The van der Waals surface area contributed by atoms with Crippen LogP contribution in [0.3, 0.4) is 0 Å². The standard InChI is InChI=1S/C10H17NO2/c1-11-5-6-13-10-7-8(12-2)3-4-9(10)11/h3,9-10H,4-7H2,1-2H3/t9-,10-/m1/s1. The van der Waals surface area contributed by atoms with Crippen molar-refractivity contribution in [3.8, 4) is 0 Å². The minimum Gasteiger partial charge on any atom is -0.501 e. The van der Waals surface area contributed by atoms with Gasteiger partial charge in [0.25, 0.3) is 0 Å². The zero-order valence-corrected chi connectivity index (χ0v) is 8.32. The van der Waals surface area contributed by atoms with Crippen molar-refractivity contribution in [3.63, 3.8) is 0 Å². The summed E-state index contributed by atoms with van der Waals surface area (Å²) in [6, 6.07) is 0.563. The van der Waals surface area contributed by atoms with Crippen LogP contribution in [0, 0.1) is 0 Å². The molecule has 13 heavy (non-hydrogen) atoms. The van der Waals surface area contributed by atoms with Gasteiger partial charge in [-0.1, -0.05) is 0 Å². The molecule has 0 bridgehead atoms. The van der Waals surface area contributed by atoms with Gasteiger partial charge in [0.2, 0.25) is 0 Å². The molecule has 0 aromatic carbocycles. The van der Waals surface area contributed by atoms with Gasteiger partial charge in [0.15, 0.2) is 0 Å². The van der Waals surface area contributed by atoms with E-state index in [0.717, 1.165) is 31.8 Å². The highest BCUT2D eigenvalue weighted by atomic mass is 16.5. The lowest BCUT2D eigenvalue weighted by atomic mass is 9.95. The summed E-state index contributed by atoms with van der Waals surface area (Å²) in [5.74, 6) is 1.08. The Balaban J connectivity index is 2.06. The first-order valence-electron chi connectivity index (χ1n) is 4.86. The number of nitrogens with zero attached hydrogens (tertiary/aromatic N) is 1. The zero-order valence-electron chi connectivity index (χ0n) is 8.32. The van der Waals surface area contributed by atoms with E-state index in [4.69, 9.17) is 9.47 Å². The molecule has 0 unspecified atom stereocenters. The second-order valence-corrected chi connectivity index (χ2v) is 3.77. The van der Waals surface area contributed by atoms with Crippen LogP contribution >= 0.6 is 0 Å². The van der Waals surface area contributed by atoms with E-state index in [-0.39, 0.29) is 0 Å². The second-order valence-electron chi connectivity index (χ2n) is 3.77. The third kappa shape index (κ3) is 1.71. The maximum atomic E-state index is 5.72.